The number of nitrogens with zero attached hydrogens (tertiary/aromatic N) is 2. The second-order valence-corrected chi connectivity index (χ2v) is 6.13. The molecule has 2 aromatic rings. The summed E-state index contributed by atoms with van der Waals surface area (Å²) in [7, 11) is 0. The quantitative estimate of drug-likeness (QED) is 0.883. The third-order valence-corrected chi connectivity index (χ3v) is 4.68. The number of rotatable bonds is 5. The molecule has 0 radical (unpaired) electrons. The van der Waals surface area contributed by atoms with Gasteiger partial charge in [-0.1, -0.05) is 29.4 Å². The predicted octanol–water partition coefficient (Wildman–Crippen LogP) is 2.48. The number of aliphatic hydroxyl groups is 1. The van der Waals surface area contributed by atoms with Crippen molar-refractivity contribution < 1.29 is 14.4 Å². The van der Waals surface area contributed by atoms with Crippen molar-refractivity contribution >= 4 is 6.03 Å². The molecule has 6 nitrogen and oxygen atoms in total. The number of urea groups is 1. The zero-order valence-corrected chi connectivity index (χ0v) is 14.1. The Morgan fingerprint density at radius 2 is 2.21 bits per heavy atom. The molecule has 6 heteroatoms. The van der Waals surface area contributed by atoms with E-state index in [4.69, 9.17) is 4.52 Å². The van der Waals surface area contributed by atoms with E-state index in [2.05, 4.69) is 22.6 Å². The largest absolute Gasteiger partial charge is 0.395 e. The molecule has 2 N–H and O–H groups in total. The molecule has 0 saturated carbocycles. The standard InChI is InChI=1S/C18H23N3O3/c1-12-16(13(2)24-20-12)11-19-18(23)21(9-10-22)17-8-7-14-5-3-4-6-15(14)17/h3-6,17,22H,7-11H2,1-2H3,(H,19,23). The van der Waals surface area contributed by atoms with E-state index in [-0.39, 0.29) is 18.7 Å². The summed E-state index contributed by atoms with van der Waals surface area (Å²) in [4.78, 5) is 14.4. The first-order chi connectivity index (χ1) is 11.6. The van der Waals surface area contributed by atoms with Crippen molar-refractivity contribution in [2.45, 2.75) is 39.3 Å². The summed E-state index contributed by atoms with van der Waals surface area (Å²) in [6, 6.07) is 8.03. The van der Waals surface area contributed by atoms with E-state index in [1.165, 1.54) is 11.1 Å². The van der Waals surface area contributed by atoms with Crippen LogP contribution in [0.25, 0.3) is 0 Å². The Bertz CT molecular complexity index is 707. The lowest BCUT2D eigenvalue weighted by molar-refractivity contribution is 0.151. The molecule has 1 unspecified atom stereocenters. The first-order valence-electron chi connectivity index (χ1n) is 8.26. The number of aliphatic hydroxyl groups excluding tert-OH is 1. The van der Waals surface area contributed by atoms with Crippen molar-refractivity contribution in [1.82, 2.24) is 15.4 Å². The lowest BCUT2D eigenvalue weighted by Gasteiger charge is -2.29. The molecule has 0 fully saturated rings. The van der Waals surface area contributed by atoms with Crippen LogP contribution in [0, 0.1) is 13.8 Å². The van der Waals surface area contributed by atoms with E-state index in [0.717, 1.165) is 24.1 Å². The fraction of sp³-hybridized carbons (Fsp3) is 0.444. The lowest BCUT2D eigenvalue weighted by atomic mass is 10.1. The number of aromatic nitrogens is 1. The number of hydrogen-bond donors (Lipinski definition) is 2. The molecule has 1 heterocycles. The maximum absolute atomic E-state index is 12.7. The molecule has 1 aliphatic rings. The van der Waals surface area contributed by atoms with Gasteiger partial charge in [0.05, 0.1) is 18.3 Å². The van der Waals surface area contributed by atoms with Crippen LogP contribution in [-0.2, 0) is 13.0 Å². The topological polar surface area (TPSA) is 78.6 Å². The van der Waals surface area contributed by atoms with Gasteiger partial charge in [-0.15, -0.1) is 0 Å². The minimum atomic E-state index is -0.175. The first-order valence-corrected chi connectivity index (χ1v) is 8.26. The average molecular weight is 329 g/mol. The summed E-state index contributed by atoms with van der Waals surface area (Å²) in [5.41, 5.74) is 4.15. The van der Waals surface area contributed by atoms with Crippen LogP contribution in [0.15, 0.2) is 28.8 Å². The average Bonchev–Trinajstić information content (AvgIpc) is 3.14. The fourth-order valence-corrected chi connectivity index (χ4v) is 3.38. The Kier molecular flexibility index (Phi) is 4.85. The molecular weight excluding hydrogens is 306 g/mol. The molecule has 1 aromatic heterocycles. The molecule has 24 heavy (non-hydrogen) atoms. The molecule has 128 valence electrons. The Morgan fingerprint density at radius 1 is 1.42 bits per heavy atom. The maximum Gasteiger partial charge on any atom is 0.318 e. The Labute approximate surface area is 141 Å². The van der Waals surface area contributed by atoms with Gasteiger partial charge >= 0.3 is 6.03 Å². The molecule has 0 bridgehead atoms. The summed E-state index contributed by atoms with van der Waals surface area (Å²) in [5.74, 6) is 0.715. The SMILES string of the molecule is Cc1noc(C)c1CNC(=O)N(CCO)C1CCc2ccccc21. The second-order valence-electron chi connectivity index (χ2n) is 6.13. The number of aryl methyl sites for hydroxylation is 3. The molecule has 3 rings (SSSR count). The zero-order valence-electron chi connectivity index (χ0n) is 14.1. The van der Waals surface area contributed by atoms with Crippen molar-refractivity contribution in [3.63, 3.8) is 0 Å². The van der Waals surface area contributed by atoms with Crippen molar-refractivity contribution in [2.75, 3.05) is 13.2 Å². The fourth-order valence-electron chi connectivity index (χ4n) is 3.38. The molecule has 0 aliphatic heterocycles. The monoisotopic (exact) mass is 329 g/mol. The van der Waals surface area contributed by atoms with Crippen molar-refractivity contribution in [2.24, 2.45) is 0 Å². The third-order valence-electron chi connectivity index (χ3n) is 4.68. The van der Waals surface area contributed by atoms with Crippen molar-refractivity contribution in [1.29, 1.82) is 0 Å². The highest BCUT2D eigenvalue weighted by atomic mass is 16.5. The van der Waals surface area contributed by atoms with Crippen LogP contribution in [0.4, 0.5) is 4.79 Å². The Balaban J connectivity index is 1.73. The molecule has 0 saturated heterocycles. The van der Waals surface area contributed by atoms with Gasteiger partial charge in [0.1, 0.15) is 5.76 Å². The summed E-state index contributed by atoms with van der Waals surface area (Å²) < 4.78 is 5.13. The molecule has 0 spiro atoms. The van der Waals surface area contributed by atoms with Crippen molar-refractivity contribution in [3.8, 4) is 0 Å². The Hall–Kier alpha value is -2.34. The van der Waals surface area contributed by atoms with Crippen LogP contribution in [-0.4, -0.2) is 34.3 Å². The second kappa shape index (κ2) is 7.05. The summed E-state index contributed by atoms with van der Waals surface area (Å²) in [5, 5.41) is 16.2. The Morgan fingerprint density at radius 3 is 2.92 bits per heavy atom. The smallest absolute Gasteiger partial charge is 0.318 e. The lowest BCUT2D eigenvalue weighted by Crippen LogP contribution is -2.43. The maximum atomic E-state index is 12.7. The minimum absolute atomic E-state index is 0.0121. The molecule has 1 atom stereocenters. The first kappa shape index (κ1) is 16.5. The number of fused-ring (bicyclic) bond motifs is 1. The predicted molar refractivity (Wildman–Crippen MR) is 89.5 cm³/mol. The van der Waals surface area contributed by atoms with Gasteiger partial charge in [-0.2, -0.15) is 0 Å². The van der Waals surface area contributed by atoms with Crippen LogP contribution in [0.1, 0.15) is 40.6 Å². The van der Waals surface area contributed by atoms with E-state index in [9.17, 15) is 9.90 Å². The van der Waals surface area contributed by atoms with Gasteiger partial charge in [0.15, 0.2) is 0 Å². The highest BCUT2D eigenvalue weighted by Crippen LogP contribution is 2.35. The number of amides is 2. The van der Waals surface area contributed by atoms with Crippen LogP contribution >= 0.6 is 0 Å². The third kappa shape index (κ3) is 3.14. The van der Waals surface area contributed by atoms with Gasteiger partial charge in [-0.25, -0.2) is 4.79 Å². The van der Waals surface area contributed by atoms with Crippen LogP contribution in [0.3, 0.4) is 0 Å². The van der Waals surface area contributed by atoms with Gasteiger partial charge in [0, 0.05) is 18.7 Å². The molecule has 1 aromatic carbocycles. The zero-order chi connectivity index (χ0) is 17.1. The van der Waals surface area contributed by atoms with E-state index >= 15 is 0 Å². The highest BCUT2D eigenvalue weighted by molar-refractivity contribution is 5.75. The molecular formula is C18H23N3O3. The van der Waals surface area contributed by atoms with Crippen LogP contribution < -0.4 is 5.32 Å². The number of nitrogens with one attached hydrogen (secondary N) is 1. The summed E-state index contributed by atoms with van der Waals surface area (Å²) in [6.45, 7) is 4.32. The number of benzene rings is 1. The van der Waals surface area contributed by atoms with Gasteiger partial charge in [-0.05, 0) is 37.8 Å². The summed E-state index contributed by atoms with van der Waals surface area (Å²) >= 11 is 0. The summed E-state index contributed by atoms with van der Waals surface area (Å²) in [6.07, 6.45) is 1.85. The highest BCUT2D eigenvalue weighted by Gasteiger charge is 2.30. The normalized spacial score (nSPS) is 16.0. The molecule has 1 aliphatic carbocycles. The number of carbonyl (C=O) groups excluding carboxylic acids is 1. The number of carbonyl (C=O) groups is 1. The van der Waals surface area contributed by atoms with Crippen LogP contribution in [0.2, 0.25) is 0 Å². The minimum Gasteiger partial charge on any atom is -0.395 e. The van der Waals surface area contributed by atoms with E-state index < -0.39 is 0 Å². The van der Waals surface area contributed by atoms with Gasteiger partial charge in [-0.3, -0.25) is 0 Å². The van der Waals surface area contributed by atoms with Gasteiger partial charge in [0.2, 0.25) is 0 Å². The van der Waals surface area contributed by atoms with E-state index in [1.54, 1.807) is 4.90 Å². The van der Waals surface area contributed by atoms with Crippen LogP contribution in [0.5, 0.6) is 0 Å². The van der Waals surface area contributed by atoms with Gasteiger partial charge in [0.25, 0.3) is 0 Å². The van der Waals surface area contributed by atoms with E-state index in [0.29, 0.717) is 18.8 Å². The van der Waals surface area contributed by atoms with E-state index in [1.807, 2.05) is 26.0 Å². The molecule has 2 amide bonds. The van der Waals surface area contributed by atoms with Gasteiger partial charge < -0.3 is 19.8 Å². The van der Waals surface area contributed by atoms with Crippen molar-refractivity contribution in [3.05, 3.63) is 52.4 Å². The number of hydrogen-bond acceptors (Lipinski definition) is 4.